The molecule has 4 nitrogen and oxygen atoms in total. The van der Waals surface area contributed by atoms with Crippen LogP contribution in [0.3, 0.4) is 0 Å². The zero-order valence-electron chi connectivity index (χ0n) is 10.9. The fraction of sp³-hybridized carbons (Fsp3) is 0.500. The van der Waals surface area contributed by atoms with Crippen molar-refractivity contribution >= 4 is 27.6 Å². The Kier molecular flexibility index (Phi) is 4.47. The third-order valence-electron chi connectivity index (χ3n) is 3.68. The number of carboxylic acids is 1. The van der Waals surface area contributed by atoms with Gasteiger partial charge in [0.1, 0.15) is 5.54 Å². The van der Waals surface area contributed by atoms with E-state index in [1.165, 1.54) is 0 Å². The number of methoxy groups -OCH3 is 1. The van der Waals surface area contributed by atoms with Crippen LogP contribution in [0.25, 0.3) is 0 Å². The molecule has 1 aliphatic rings. The van der Waals surface area contributed by atoms with Crippen LogP contribution in [0.5, 0.6) is 0 Å². The maximum absolute atomic E-state index is 11.7. The zero-order chi connectivity index (χ0) is 13.9. The summed E-state index contributed by atoms with van der Waals surface area (Å²) in [6.45, 7) is 0. The number of rotatable bonds is 4. The third kappa shape index (κ3) is 3.28. The number of benzene rings is 1. The Bertz CT molecular complexity index is 449. The van der Waals surface area contributed by atoms with Crippen LogP contribution in [0.4, 0.5) is 5.69 Å². The minimum absolute atomic E-state index is 0.00722. The van der Waals surface area contributed by atoms with E-state index in [1.807, 2.05) is 24.3 Å². The normalized spacial score (nSPS) is 26.9. The molecule has 104 valence electrons. The van der Waals surface area contributed by atoms with Gasteiger partial charge in [-0.3, -0.25) is 0 Å². The molecular formula is C14H18BrNO3. The summed E-state index contributed by atoms with van der Waals surface area (Å²) >= 11 is 3.37. The molecule has 0 saturated heterocycles. The van der Waals surface area contributed by atoms with Gasteiger partial charge in [0.2, 0.25) is 0 Å². The van der Waals surface area contributed by atoms with E-state index in [1.54, 1.807) is 7.11 Å². The Morgan fingerprint density at radius 3 is 2.74 bits per heavy atom. The molecule has 0 bridgehead atoms. The van der Waals surface area contributed by atoms with E-state index in [0.717, 1.165) is 23.0 Å². The number of anilines is 1. The molecule has 0 aromatic heterocycles. The topological polar surface area (TPSA) is 58.6 Å². The molecule has 1 aromatic carbocycles. The van der Waals surface area contributed by atoms with Gasteiger partial charge in [0.05, 0.1) is 6.10 Å². The minimum atomic E-state index is -0.924. The van der Waals surface area contributed by atoms with Crippen LogP contribution in [0.2, 0.25) is 0 Å². The molecular weight excluding hydrogens is 310 g/mol. The van der Waals surface area contributed by atoms with Crippen molar-refractivity contribution in [2.45, 2.75) is 37.3 Å². The van der Waals surface area contributed by atoms with E-state index >= 15 is 0 Å². The van der Waals surface area contributed by atoms with Crippen molar-refractivity contribution in [3.8, 4) is 0 Å². The molecule has 5 heteroatoms. The van der Waals surface area contributed by atoms with E-state index in [4.69, 9.17) is 4.74 Å². The second-order valence-corrected chi connectivity index (χ2v) is 5.89. The Morgan fingerprint density at radius 1 is 1.47 bits per heavy atom. The standard InChI is InChI=1S/C14H18BrNO3/c1-19-12-3-2-8-14(9-12,13(17)18)16-11-6-4-10(15)5-7-11/h4-7,12,16H,2-3,8-9H2,1H3,(H,17,18). The molecule has 2 unspecified atom stereocenters. The van der Waals surface area contributed by atoms with E-state index < -0.39 is 11.5 Å². The second kappa shape index (κ2) is 5.92. The van der Waals surface area contributed by atoms with Gasteiger partial charge in [0.15, 0.2) is 0 Å². The third-order valence-corrected chi connectivity index (χ3v) is 4.21. The number of hydrogen-bond donors (Lipinski definition) is 2. The quantitative estimate of drug-likeness (QED) is 0.891. The lowest BCUT2D eigenvalue weighted by molar-refractivity contribution is -0.145. The second-order valence-electron chi connectivity index (χ2n) is 4.97. The van der Waals surface area contributed by atoms with E-state index in [-0.39, 0.29) is 6.10 Å². The Morgan fingerprint density at radius 2 is 2.16 bits per heavy atom. The first-order valence-electron chi connectivity index (χ1n) is 6.36. The predicted octanol–water partition coefficient (Wildman–Crippen LogP) is 3.27. The predicted molar refractivity (Wildman–Crippen MR) is 77.4 cm³/mol. The molecule has 0 amide bonds. The first-order valence-corrected chi connectivity index (χ1v) is 7.15. The fourth-order valence-electron chi connectivity index (χ4n) is 2.60. The number of aliphatic carboxylic acids is 1. The maximum atomic E-state index is 11.7. The summed E-state index contributed by atoms with van der Waals surface area (Å²) in [5, 5.41) is 12.8. The molecule has 1 aliphatic carbocycles. The molecule has 2 N–H and O–H groups in total. The summed E-state index contributed by atoms with van der Waals surface area (Å²) in [7, 11) is 1.64. The maximum Gasteiger partial charge on any atom is 0.329 e. The van der Waals surface area contributed by atoms with Gasteiger partial charge in [0, 0.05) is 23.7 Å². The first-order chi connectivity index (χ1) is 9.05. The van der Waals surface area contributed by atoms with Crippen LogP contribution in [-0.4, -0.2) is 29.8 Å². The Balaban J connectivity index is 2.19. The van der Waals surface area contributed by atoms with Crippen LogP contribution in [0.1, 0.15) is 25.7 Å². The summed E-state index contributed by atoms with van der Waals surface area (Å²) in [4.78, 5) is 11.7. The lowest BCUT2D eigenvalue weighted by Crippen LogP contribution is -2.51. The van der Waals surface area contributed by atoms with Crippen LogP contribution in [-0.2, 0) is 9.53 Å². The van der Waals surface area contributed by atoms with E-state index in [9.17, 15) is 9.90 Å². The Hall–Kier alpha value is -1.07. The van der Waals surface area contributed by atoms with Crippen LogP contribution in [0.15, 0.2) is 28.7 Å². The molecule has 19 heavy (non-hydrogen) atoms. The zero-order valence-corrected chi connectivity index (χ0v) is 12.4. The largest absolute Gasteiger partial charge is 0.480 e. The highest BCUT2D eigenvalue weighted by Crippen LogP contribution is 2.33. The van der Waals surface area contributed by atoms with Crippen molar-refractivity contribution in [1.29, 1.82) is 0 Å². The molecule has 0 spiro atoms. The molecule has 1 saturated carbocycles. The van der Waals surface area contributed by atoms with Crippen LogP contribution in [0, 0.1) is 0 Å². The van der Waals surface area contributed by atoms with Gasteiger partial charge in [-0.05, 0) is 43.5 Å². The lowest BCUT2D eigenvalue weighted by atomic mass is 9.80. The SMILES string of the molecule is COC1CCCC(Nc2ccc(Br)cc2)(C(=O)O)C1. The van der Waals surface area contributed by atoms with Gasteiger partial charge in [-0.1, -0.05) is 15.9 Å². The highest BCUT2D eigenvalue weighted by Gasteiger charge is 2.43. The van der Waals surface area contributed by atoms with Gasteiger partial charge < -0.3 is 15.2 Å². The fourth-order valence-corrected chi connectivity index (χ4v) is 2.86. The number of ether oxygens (including phenoxy) is 1. The number of halogens is 1. The summed E-state index contributed by atoms with van der Waals surface area (Å²) in [5.41, 5.74) is -0.102. The van der Waals surface area contributed by atoms with Gasteiger partial charge in [-0.15, -0.1) is 0 Å². The first kappa shape index (κ1) is 14.3. The van der Waals surface area contributed by atoms with Gasteiger partial charge in [-0.2, -0.15) is 0 Å². The molecule has 0 radical (unpaired) electrons. The van der Waals surface area contributed by atoms with Crippen LogP contribution >= 0.6 is 15.9 Å². The van der Waals surface area contributed by atoms with Crippen molar-refractivity contribution in [3.05, 3.63) is 28.7 Å². The van der Waals surface area contributed by atoms with Crippen molar-refractivity contribution in [1.82, 2.24) is 0 Å². The van der Waals surface area contributed by atoms with Crippen molar-refractivity contribution < 1.29 is 14.6 Å². The molecule has 0 aliphatic heterocycles. The average Bonchev–Trinajstić information content (AvgIpc) is 2.41. The monoisotopic (exact) mass is 327 g/mol. The minimum Gasteiger partial charge on any atom is -0.480 e. The molecule has 1 aromatic rings. The summed E-state index contributed by atoms with van der Waals surface area (Å²) in [6, 6.07) is 7.55. The lowest BCUT2D eigenvalue weighted by Gasteiger charge is -2.38. The van der Waals surface area contributed by atoms with Gasteiger partial charge in [0.25, 0.3) is 0 Å². The average molecular weight is 328 g/mol. The molecule has 2 rings (SSSR count). The van der Waals surface area contributed by atoms with Gasteiger partial charge in [-0.25, -0.2) is 4.79 Å². The van der Waals surface area contributed by atoms with Crippen LogP contribution < -0.4 is 5.32 Å². The van der Waals surface area contributed by atoms with E-state index in [0.29, 0.717) is 12.8 Å². The smallest absolute Gasteiger partial charge is 0.329 e. The highest BCUT2D eigenvalue weighted by molar-refractivity contribution is 9.10. The number of hydrogen-bond acceptors (Lipinski definition) is 3. The summed E-state index contributed by atoms with van der Waals surface area (Å²) < 4.78 is 6.32. The van der Waals surface area contributed by atoms with Crippen molar-refractivity contribution in [2.24, 2.45) is 0 Å². The number of carboxylic acid groups (broad SMARTS) is 1. The number of nitrogens with one attached hydrogen (secondary N) is 1. The van der Waals surface area contributed by atoms with Gasteiger partial charge >= 0.3 is 5.97 Å². The molecule has 0 heterocycles. The van der Waals surface area contributed by atoms with Crippen molar-refractivity contribution in [3.63, 3.8) is 0 Å². The summed E-state index contributed by atoms with van der Waals surface area (Å²) in [5.74, 6) is -0.808. The Labute approximate surface area is 121 Å². The molecule has 2 atom stereocenters. The summed E-state index contributed by atoms with van der Waals surface area (Å²) in [6.07, 6.45) is 2.91. The molecule has 1 fully saturated rings. The number of carbonyl (C=O) groups is 1. The van der Waals surface area contributed by atoms with E-state index in [2.05, 4.69) is 21.2 Å². The highest BCUT2D eigenvalue weighted by atomic mass is 79.9. The van der Waals surface area contributed by atoms with Crippen molar-refractivity contribution in [2.75, 3.05) is 12.4 Å².